The SMILES string of the molecule is C=CCN1C(=O)[C@@]2(O[C@@H](CC(=O)N3Cc4ccccc4C[C@H]3CO)[C@H]([Si](C)(C)F)[C@H]2C)c2cc(-n3[nH]c4ccccc4c3=O)ccc21. The van der Waals surface area contributed by atoms with Crippen molar-refractivity contribution in [2.75, 3.05) is 18.1 Å². The molecule has 1 aromatic heterocycles. The molecule has 2 amide bonds. The molecule has 4 heterocycles. The minimum Gasteiger partial charge on any atom is -0.394 e. The van der Waals surface area contributed by atoms with Crippen LogP contribution in [-0.4, -0.2) is 65.3 Å². The summed E-state index contributed by atoms with van der Waals surface area (Å²) in [7, 11) is -3.54. The van der Waals surface area contributed by atoms with E-state index in [0.717, 1.165) is 11.1 Å². The third kappa shape index (κ3) is 4.82. The summed E-state index contributed by atoms with van der Waals surface area (Å²) in [6.07, 6.45) is 1.16. The Balaban J connectivity index is 1.30. The number of carbonyl (C=O) groups is 2. The van der Waals surface area contributed by atoms with E-state index in [2.05, 4.69) is 11.7 Å². The predicted molar refractivity (Wildman–Crippen MR) is 181 cm³/mol. The van der Waals surface area contributed by atoms with Crippen LogP contribution in [0.5, 0.6) is 0 Å². The van der Waals surface area contributed by atoms with Gasteiger partial charge in [0.05, 0.1) is 47.5 Å². The van der Waals surface area contributed by atoms with E-state index >= 15 is 4.11 Å². The molecule has 7 rings (SSSR count). The molecule has 3 aliphatic heterocycles. The number of rotatable bonds is 7. The second-order valence-corrected chi connectivity index (χ2v) is 17.3. The Hall–Kier alpha value is -4.32. The molecule has 0 aliphatic carbocycles. The first kappa shape index (κ1) is 31.3. The van der Waals surface area contributed by atoms with Crippen LogP contribution in [0, 0.1) is 5.92 Å². The molecule has 2 N–H and O–H groups in total. The first-order chi connectivity index (χ1) is 22.5. The molecule has 47 heavy (non-hydrogen) atoms. The number of aliphatic hydroxyl groups excluding tert-OH is 1. The highest BCUT2D eigenvalue weighted by Gasteiger charge is 2.67. The lowest BCUT2D eigenvalue weighted by Gasteiger charge is -2.37. The summed E-state index contributed by atoms with van der Waals surface area (Å²) in [6.45, 7) is 9.25. The number of halogens is 1. The van der Waals surface area contributed by atoms with Crippen LogP contribution in [-0.2, 0) is 32.9 Å². The Labute approximate surface area is 273 Å². The van der Waals surface area contributed by atoms with Crippen LogP contribution in [0.15, 0.2) is 84.2 Å². The number of hydrogen-bond donors (Lipinski definition) is 2. The fourth-order valence-electron chi connectivity index (χ4n) is 8.26. The number of benzene rings is 3. The third-order valence-electron chi connectivity index (χ3n) is 10.4. The van der Waals surface area contributed by atoms with Crippen molar-refractivity contribution in [3.8, 4) is 5.69 Å². The van der Waals surface area contributed by atoms with Crippen molar-refractivity contribution >= 4 is 36.8 Å². The molecule has 0 bridgehead atoms. The molecule has 5 atom stereocenters. The molecular formula is C36H39FN4O5Si. The van der Waals surface area contributed by atoms with Gasteiger partial charge in [-0.2, -0.15) is 0 Å². The number of aliphatic hydroxyl groups is 1. The Morgan fingerprint density at radius 1 is 1.13 bits per heavy atom. The van der Waals surface area contributed by atoms with E-state index in [0.29, 0.717) is 40.8 Å². The van der Waals surface area contributed by atoms with Gasteiger partial charge in [0.25, 0.3) is 11.5 Å². The zero-order valence-corrected chi connectivity index (χ0v) is 27.8. The molecule has 4 aromatic rings. The first-order valence-electron chi connectivity index (χ1n) is 16.1. The van der Waals surface area contributed by atoms with E-state index in [9.17, 15) is 19.5 Å². The molecule has 3 aromatic carbocycles. The Morgan fingerprint density at radius 2 is 1.85 bits per heavy atom. The van der Waals surface area contributed by atoms with E-state index in [4.69, 9.17) is 4.74 Å². The number of para-hydroxylation sites is 1. The maximum absolute atomic E-state index is 16.4. The van der Waals surface area contributed by atoms with Crippen LogP contribution >= 0.6 is 0 Å². The standard InChI is InChI=1S/C36H39FN4O5Si/c1-5-16-39-30-15-14-25(41-34(44)27-12-8-9-13-29(27)38-41)18-28(30)36(35(39)45)22(2)33(47(3,4)37)31(46-36)19-32(43)40-20-24-11-7-6-10-23(24)17-26(40)21-42/h5-15,18,22,26,31,33,38,42H,1,16-17,19-21H2,2-4H3/t22-,26+,31+,33-,36+/m1/s1. The molecular weight excluding hydrogens is 616 g/mol. The summed E-state index contributed by atoms with van der Waals surface area (Å²) in [5, 5.41) is 13.9. The highest BCUT2D eigenvalue weighted by Crippen LogP contribution is 2.60. The van der Waals surface area contributed by atoms with Crippen molar-refractivity contribution in [3.63, 3.8) is 0 Å². The van der Waals surface area contributed by atoms with Gasteiger partial charge in [-0.15, -0.1) is 6.58 Å². The average Bonchev–Trinajstić information content (AvgIpc) is 3.63. The van der Waals surface area contributed by atoms with Crippen LogP contribution in [0.25, 0.3) is 16.6 Å². The van der Waals surface area contributed by atoms with Gasteiger partial charge in [0, 0.05) is 30.1 Å². The van der Waals surface area contributed by atoms with E-state index in [1.54, 1.807) is 59.3 Å². The largest absolute Gasteiger partial charge is 0.394 e. The number of nitrogens with one attached hydrogen (secondary N) is 1. The van der Waals surface area contributed by atoms with Gasteiger partial charge in [0.1, 0.15) is 0 Å². The molecule has 0 unspecified atom stereocenters. The zero-order valence-electron chi connectivity index (χ0n) is 26.8. The first-order valence-corrected chi connectivity index (χ1v) is 19.1. The number of ether oxygens (including phenoxy) is 1. The minimum atomic E-state index is -3.54. The lowest BCUT2D eigenvalue weighted by atomic mass is 9.82. The van der Waals surface area contributed by atoms with Crippen LogP contribution in [0.4, 0.5) is 9.80 Å². The Morgan fingerprint density at radius 3 is 2.55 bits per heavy atom. The predicted octanol–water partition coefficient (Wildman–Crippen LogP) is 4.96. The summed E-state index contributed by atoms with van der Waals surface area (Å²) in [4.78, 5) is 45.2. The van der Waals surface area contributed by atoms with Gasteiger partial charge in [-0.3, -0.25) is 19.5 Å². The van der Waals surface area contributed by atoms with Crippen LogP contribution in [0.1, 0.15) is 30.0 Å². The number of H-pyrrole nitrogens is 1. The zero-order chi connectivity index (χ0) is 33.2. The van der Waals surface area contributed by atoms with Gasteiger partial charge in [-0.25, -0.2) is 4.68 Å². The molecule has 1 spiro atoms. The average molecular weight is 655 g/mol. The quantitative estimate of drug-likeness (QED) is 0.166. The van der Waals surface area contributed by atoms with E-state index in [1.165, 1.54) is 4.68 Å². The molecule has 3 aliphatic rings. The van der Waals surface area contributed by atoms with E-state index in [-0.39, 0.29) is 36.9 Å². The number of fused-ring (bicyclic) bond motifs is 4. The smallest absolute Gasteiger partial charge is 0.279 e. The highest BCUT2D eigenvalue weighted by molar-refractivity contribution is 6.72. The molecule has 11 heteroatoms. The van der Waals surface area contributed by atoms with Gasteiger partial charge in [0.2, 0.25) is 14.3 Å². The lowest BCUT2D eigenvalue weighted by molar-refractivity contribution is -0.150. The monoisotopic (exact) mass is 654 g/mol. The number of aromatic nitrogens is 2. The Kier molecular flexibility index (Phi) is 7.61. The number of anilines is 1. The van der Waals surface area contributed by atoms with Crippen molar-refractivity contribution in [2.24, 2.45) is 5.92 Å². The maximum atomic E-state index is 16.4. The second kappa shape index (κ2) is 11.4. The molecule has 0 saturated carbocycles. The van der Waals surface area contributed by atoms with E-state index < -0.39 is 37.6 Å². The van der Waals surface area contributed by atoms with Crippen molar-refractivity contribution in [3.05, 3.63) is 106 Å². The minimum absolute atomic E-state index is 0.124. The molecule has 1 fully saturated rings. The number of carbonyl (C=O) groups excluding carboxylic acids is 2. The summed E-state index contributed by atoms with van der Waals surface area (Å²) in [6, 6.07) is 20.0. The summed E-state index contributed by atoms with van der Waals surface area (Å²) in [5.41, 5.74) is 1.95. The maximum Gasteiger partial charge on any atom is 0.279 e. The van der Waals surface area contributed by atoms with Gasteiger partial charge >= 0.3 is 0 Å². The number of aromatic amines is 1. The lowest BCUT2D eigenvalue weighted by Crippen LogP contribution is -2.48. The van der Waals surface area contributed by atoms with Crippen LogP contribution < -0.4 is 10.5 Å². The second-order valence-electron chi connectivity index (χ2n) is 13.5. The molecule has 1 saturated heterocycles. The normalized spacial score (nSPS) is 25.4. The summed E-state index contributed by atoms with van der Waals surface area (Å²) < 4.78 is 24.7. The van der Waals surface area contributed by atoms with Gasteiger partial charge < -0.3 is 23.8 Å². The highest BCUT2D eigenvalue weighted by atomic mass is 28.4. The van der Waals surface area contributed by atoms with Gasteiger partial charge in [0.15, 0.2) is 5.60 Å². The molecule has 9 nitrogen and oxygen atoms in total. The summed E-state index contributed by atoms with van der Waals surface area (Å²) in [5.74, 6) is -1.19. The van der Waals surface area contributed by atoms with Crippen molar-refractivity contribution in [1.29, 1.82) is 0 Å². The molecule has 0 radical (unpaired) electrons. The number of nitrogens with zero attached hydrogens (tertiary/aromatic N) is 3. The van der Waals surface area contributed by atoms with Crippen LogP contribution in [0.3, 0.4) is 0 Å². The number of hydrogen-bond acceptors (Lipinski definition) is 5. The molecule has 244 valence electrons. The van der Waals surface area contributed by atoms with Crippen molar-refractivity contribution in [2.45, 2.75) is 62.7 Å². The fourth-order valence-corrected chi connectivity index (χ4v) is 10.8. The number of amides is 2. The van der Waals surface area contributed by atoms with Crippen molar-refractivity contribution in [1.82, 2.24) is 14.7 Å². The third-order valence-corrected chi connectivity index (χ3v) is 12.8. The van der Waals surface area contributed by atoms with Gasteiger partial charge in [-0.1, -0.05) is 49.4 Å². The van der Waals surface area contributed by atoms with E-state index in [1.807, 2.05) is 43.3 Å². The Bertz CT molecular complexity index is 1970. The summed E-state index contributed by atoms with van der Waals surface area (Å²) >= 11 is 0. The van der Waals surface area contributed by atoms with Gasteiger partial charge in [-0.05, 0) is 61.0 Å². The topological polar surface area (TPSA) is 108 Å². The fraction of sp³-hybridized carbons (Fsp3) is 0.361. The van der Waals surface area contributed by atoms with Crippen LogP contribution in [0.2, 0.25) is 18.6 Å². The van der Waals surface area contributed by atoms with Crippen molar-refractivity contribution < 1.29 is 23.5 Å².